The number of halogens is 4. The maximum absolute atomic E-state index is 12.9. The standard InChI is InChI=1S/C16H16ClF3N4O/c1-10-21-14(22-24(10)13-6-4-12(17)5-7-13)15(25)23-8-2-3-11(9-23)16(18,19)20/h4-7,11H,2-3,8-9H2,1H3. The van der Waals surface area contributed by atoms with E-state index >= 15 is 0 Å². The van der Waals surface area contributed by atoms with Crippen molar-refractivity contribution >= 4 is 17.5 Å². The van der Waals surface area contributed by atoms with Gasteiger partial charge in [-0.15, -0.1) is 5.10 Å². The van der Waals surface area contributed by atoms with E-state index in [1.165, 1.54) is 9.58 Å². The molecule has 1 atom stereocenters. The lowest BCUT2D eigenvalue weighted by atomic mass is 9.97. The molecule has 3 rings (SSSR count). The van der Waals surface area contributed by atoms with Gasteiger partial charge in [0.2, 0.25) is 5.82 Å². The first-order chi connectivity index (χ1) is 11.8. The van der Waals surface area contributed by atoms with Gasteiger partial charge in [0.05, 0.1) is 11.6 Å². The number of alkyl halides is 3. The predicted octanol–water partition coefficient (Wildman–Crippen LogP) is 3.64. The summed E-state index contributed by atoms with van der Waals surface area (Å²) in [5.41, 5.74) is 0.667. The van der Waals surface area contributed by atoms with Gasteiger partial charge in [-0.2, -0.15) is 13.2 Å². The SMILES string of the molecule is Cc1nc(C(=O)N2CCCC(C(F)(F)F)C2)nn1-c1ccc(Cl)cc1. The first-order valence-electron chi connectivity index (χ1n) is 7.81. The van der Waals surface area contributed by atoms with E-state index in [1.54, 1.807) is 31.2 Å². The maximum Gasteiger partial charge on any atom is 0.393 e. The monoisotopic (exact) mass is 372 g/mol. The molecule has 2 aromatic rings. The molecule has 1 amide bonds. The summed E-state index contributed by atoms with van der Waals surface area (Å²) in [6, 6.07) is 6.80. The Morgan fingerprint density at radius 3 is 2.60 bits per heavy atom. The highest BCUT2D eigenvalue weighted by atomic mass is 35.5. The van der Waals surface area contributed by atoms with Crippen molar-refractivity contribution in [3.63, 3.8) is 0 Å². The van der Waals surface area contributed by atoms with E-state index in [4.69, 9.17) is 11.6 Å². The number of piperidine rings is 1. The zero-order chi connectivity index (χ0) is 18.2. The number of carbonyl (C=O) groups is 1. The molecule has 1 aliphatic heterocycles. The number of amides is 1. The Bertz CT molecular complexity index is 773. The Labute approximate surface area is 147 Å². The fraction of sp³-hybridized carbons (Fsp3) is 0.438. The Morgan fingerprint density at radius 2 is 1.96 bits per heavy atom. The van der Waals surface area contributed by atoms with Crippen molar-refractivity contribution in [3.8, 4) is 5.69 Å². The molecular weight excluding hydrogens is 357 g/mol. The summed E-state index contributed by atoms with van der Waals surface area (Å²) in [6.07, 6.45) is -3.95. The van der Waals surface area contributed by atoms with Gasteiger partial charge in [-0.1, -0.05) is 11.6 Å². The van der Waals surface area contributed by atoms with E-state index in [9.17, 15) is 18.0 Å². The van der Waals surface area contributed by atoms with E-state index in [1.807, 2.05) is 0 Å². The number of rotatable bonds is 2. The van der Waals surface area contributed by atoms with Gasteiger partial charge in [0, 0.05) is 18.1 Å². The van der Waals surface area contributed by atoms with Crippen molar-refractivity contribution in [2.75, 3.05) is 13.1 Å². The van der Waals surface area contributed by atoms with E-state index in [0.717, 1.165) is 0 Å². The van der Waals surface area contributed by atoms with E-state index in [-0.39, 0.29) is 25.3 Å². The number of benzene rings is 1. The molecule has 0 spiro atoms. The molecule has 1 unspecified atom stereocenters. The molecule has 0 saturated carbocycles. The third-order valence-corrected chi connectivity index (χ3v) is 4.45. The third-order valence-electron chi connectivity index (χ3n) is 4.20. The van der Waals surface area contributed by atoms with Crippen LogP contribution in [0.3, 0.4) is 0 Å². The van der Waals surface area contributed by atoms with E-state index in [0.29, 0.717) is 23.0 Å². The molecule has 5 nitrogen and oxygen atoms in total. The van der Waals surface area contributed by atoms with Crippen molar-refractivity contribution in [1.29, 1.82) is 0 Å². The van der Waals surface area contributed by atoms with Crippen LogP contribution >= 0.6 is 11.6 Å². The highest BCUT2D eigenvalue weighted by molar-refractivity contribution is 6.30. The van der Waals surface area contributed by atoms with Crippen molar-refractivity contribution < 1.29 is 18.0 Å². The lowest BCUT2D eigenvalue weighted by Crippen LogP contribution is -2.44. The second-order valence-corrected chi connectivity index (χ2v) is 6.44. The molecule has 1 aliphatic rings. The summed E-state index contributed by atoms with van der Waals surface area (Å²) in [6.45, 7) is 1.60. The molecule has 2 heterocycles. The maximum atomic E-state index is 12.9. The van der Waals surface area contributed by atoms with Crippen LogP contribution in [0.4, 0.5) is 13.2 Å². The molecule has 1 saturated heterocycles. The van der Waals surface area contributed by atoms with Crippen LogP contribution in [0.15, 0.2) is 24.3 Å². The van der Waals surface area contributed by atoms with E-state index in [2.05, 4.69) is 10.1 Å². The number of hydrogen-bond donors (Lipinski definition) is 0. The van der Waals surface area contributed by atoms with Crippen molar-refractivity contribution in [2.24, 2.45) is 5.92 Å². The summed E-state index contributed by atoms with van der Waals surface area (Å²) in [5.74, 6) is -1.71. The quantitative estimate of drug-likeness (QED) is 0.808. The number of aromatic nitrogens is 3. The van der Waals surface area contributed by atoms with Gasteiger partial charge in [-0.3, -0.25) is 4.79 Å². The number of nitrogens with zero attached hydrogens (tertiary/aromatic N) is 4. The number of likely N-dealkylation sites (tertiary alicyclic amines) is 1. The topological polar surface area (TPSA) is 51.0 Å². The Kier molecular flexibility index (Phi) is 4.73. The fourth-order valence-corrected chi connectivity index (χ4v) is 3.00. The molecular formula is C16H16ClF3N4O. The van der Waals surface area contributed by atoms with Crippen molar-refractivity contribution in [3.05, 3.63) is 40.9 Å². The average Bonchev–Trinajstić information content (AvgIpc) is 2.96. The van der Waals surface area contributed by atoms with Crippen molar-refractivity contribution in [1.82, 2.24) is 19.7 Å². The molecule has 25 heavy (non-hydrogen) atoms. The summed E-state index contributed by atoms with van der Waals surface area (Å²) in [4.78, 5) is 17.8. The normalized spacial score (nSPS) is 18.4. The van der Waals surface area contributed by atoms with Gasteiger partial charge >= 0.3 is 6.18 Å². The van der Waals surface area contributed by atoms with Crippen LogP contribution in [-0.2, 0) is 0 Å². The molecule has 9 heteroatoms. The van der Waals surface area contributed by atoms with Crippen LogP contribution in [0, 0.1) is 12.8 Å². The van der Waals surface area contributed by atoms with Crippen LogP contribution in [0.25, 0.3) is 5.69 Å². The Morgan fingerprint density at radius 1 is 1.28 bits per heavy atom. The molecule has 1 aromatic carbocycles. The summed E-state index contributed by atoms with van der Waals surface area (Å²) in [5, 5.41) is 4.72. The molecule has 1 fully saturated rings. The zero-order valence-corrected chi connectivity index (χ0v) is 14.2. The van der Waals surface area contributed by atoms with Gasteiger partial charge in [-0.25, -0.2) is 9.67 Å². The Balaban J connectivity index is 1.81. The van der Waals surface area contributed by atoms with Crippen LogP contribution in [0.5, 0.6) is 0 Å². The average molecular weight is 373 g/mol. The van der Waals surface area contributed by atoms with Crippen LogP contribution in [0.1, 0.15) is 29.3 Å². The third kappa shape index (κ3) is 3.78. The van der Waals surface area contributed by atoms with E-state index < -0.39 is 18.0 Å². The van der Waals surface area contributed by atoms with Crippen molar-refractivity contribution in [2.45, 2.75) is 25.9 Å². The summed E-state index contributed by atoms with van der Waals surface area (Å²) >= 11 is 5.85. The number of hydrogen-bond acceptors (Lipinski definition) is 3. The number of carbonyl (C=O) groups excluding carboxylic acids is 1. The van der Waals surface area contributed by atoms with Gasteiger partial charge in [0.1, 0.15) is 5.82 Å². The van der Waals surface area contributed by atoms with Crippen LogP contribution in [0.2, 0.25) is 5.02 Å². The second-order valence-electron chi connectivity index (χ2n) is 6.00. The molecule has 0 N–H and O–H groups in total. The minimum Gasteiger partial charge on any atom is -0.335 e. The van der Waals surface area contributed by atoms with Gasteiger partial charge in [0.15, 0.2) is 0 Å². The number of aryl methyl sites for hydroxylation is 1. The minimum absolute atomic E-state index is 0.0406. The highest BCUT2D eigenvalue weighted by Crippen LogP contribution is 2.33. The summed E-state index contributed by atoms with van der Waals surface area (Å²) in [7, 11) is 0. The smallest absolute Gasteiger partial charge is 0.335 e. The van der Waals surface area contributed by atoms with Gasteiger partial charge in [0.25, 0.3) is 5.91 Å². The van der Waals surface area contributed by atoms with Gasteiger partial charge < -0.3 is 4.90 Å². The largest absolute Gasteiger partial charge is 0.393 e. The van der Waals surface area contributed by atoms with Crippen LogP contribution in [-0.4, -0.2) is 44.8 Å². The second kappa shape index (κ2) is 6.67. The molecule has 1 aromatic heterocycles. The predicted molar refractivity (Wildman–Crippen MR) is 85.8 cm³/mol. The minimum atomic E-state index is -4.30. The fourth-order valence-electron chi connectivity index (χ4n) is 2.88. The molecule has 0 bridgehead atoms. The zero-order valence-electron chi connectivity index (χ0n) is 13.4. The lowest BCUT2D eigenvalue weighted by molar-refractivity contribution is -0.184. The molecule has 0 aliphatic carbocycles. The first kappa shape index (κ1) is 17.7. The molecule has 0 radical (unpaired) electrons. The first-order valence-corrected chi connectivity index (χ1v) is 8.19. The summed E-state index contributed by atoms with van der Waals surface area (Å²) < 4.78 is 40.2. The lowest BCUT2D eigenvalue weighted by Gasteiger charge is -2.33. The van der Waals surface area contributed by atoms with Gasteiger partial charge in [-0.05, 0) is 44.0 Å². The highest BCUT2D eigenvalue weighted by Gasteiger charge is 2.43. The molecule has 134 valence electrons. The van der Waals surface area contributed by atoms with Crippen LogP contribution < -0.4 is 0 Å². The Hall–Kier alpha value is -2.09.